The third-order valence-electron chi connectivity index (χ3n) is 4.66. The second-order valence-corrected chi connectivity index (χ2v) is 7.03. The van der Waals surface area contributed by atoms with Crippen molar-refractivity contribution in [3.05, 3.63) is 57.9 Å². The molecule has 0 radical (unpaired) electrons. The highest BCUT2D eigenvalue weighted by Crippen LogP contribution is 2.23. The molecule has 0 spiro atoms. The van der Waals surface area contributed by atoms with Gasteiger partial charge in [0.1, 0.15) is 11.8 Å². The predicted octanol–water partition coefficient (Wildman–Crippen LogP) is 3.50. The summed E-state index contributed by atoms with van der Waals surface area (Å²) in [6, 6.07) is 6.62. The first kappa shape index (κ1) is 20.8. The van der Waals surface area contributed by atoms with Gasteiger partial charge in [0.25, 0.3) is 11.8 Å². The number of unbranched alkanes of at least 4 members (excludes halogenated alkanes) is 1. The number of halogens is 1. The number of nitrogens with zero attached hydrogens (tertiary/aromatic N) is 3. The average molecular weight is 416 g/mol. The van der Waals surface area contributed by atoms with Gasteiger partial charge in [-0.05, 0) is 31.6 Å². The summed E-state index contributed by atoms with van der Waals surface area (Å²) in [4.78, 5) is 37.6. The summed E-state index contributed by atoms with van der Waals surface area (Å²) < 4.78 is 6.85. The van der Waals surface area contributed by atoms with Crippen molar-refractivity contribution in [2.24, 2.45) is 0 Å². The number of esters is 1. The fourth-order valence-corrected chi connectivity index (χ4v) is 3.41. The highest BCUT2D eigenvalue weighted by molar-refractivity contribution is 6.31. The Balaban J connectivity index is 1.54. The van der Waals surface area contributed by atoms with Crippen LogP contribution in [0.3, 0.4) is 0 Å². The van der Waals surface area contributed by atoms with E-state index in [0.717, 1.165) is 30.0 Å². The first-order valence-electron chi connectivity index (χ1n) is 9.47. The van der Waals surface area contributed by atoms with Crippen LogP contribution in [0.25, 0.3) is 6.08 Å². The number of rotatable bonds is 8. The normalized spacial score (nSPS) is 13.4. The molecule has 0 saturated carbocycles. The lowest BCUT2D eigenvalue weighted by atomic mass is 10.1. The van der Waals surface area contributed by atoms with Crippen LogP contribution in [0, 0.1) is 6.92 Å². The van der Waals surface area contributed by atoms with E-state index in [0.29, 0.717) is 21.8 Å². The Hall–Kier alpha value is -2.93. The highest BCUT2D eigenvalue weighted by Gasteiger charge is 2.34. The van der Waals surface area contributed by atoms with E-state index in [1.54, 1.807) is 35.0 Å². The van der Waals surface area contributed by atoms with Crippen molar-refractivity contribution in [3.63, 3.8) is 0 Å². The van der Waals surface area contributed by atoms with E-state index in [2.05, 4.69) is 12.0 Å². The van der Waals surface area contributed by atoms with Crippen molar-refractivity contribution >= 4 is 35.5 Å². The van der Waals surface area contributed by atoms with Crippen LogP contribution in [0.4, 0.5) is 0 Å². The summed E-state index contributed by atoms with van der Waals surface area (Å²) in [7, 11) is 0. The molecule has 0 bridgehead atoms. The standard InChI is InChI=1S/C21H22ClN3O4/c1-3-4-11-25-19(22)15(14(2)23-25)9-10-18(26)29-13-12-24-20(27)16-7-5-6-8-17(16)21(24)28/h5-10H,3-4,11-13H2,1-2H3/b10-9+. The smallest absolute Gasteiger partial charge is 0.330 e. The van der Waals surface area contributed by atoms with Crippen LogP contribution in [0.1, 0.15) is 51.7 Å². The lowest BCUT2D eigenvalue weighted by Gasteiger charge is -2.13. The molecule has 1 aliphatic rings. The van der Waals surface area contributed by atoms with Crippen molar-refractivity contribution in [1.82, 2.24) is 14.7 Å². The lowest BCUT2D eigenvalue weighted by molar-refractivity contribution is -0.137. The Morgan fingerprint density at radius 3 is 2.45 bits per heavy atom. The molecule has 3 rings (SSSR count). The number of aromatic nitrogens is 2. The van der Waals surface area contributed by atoms with E-state index < -0.39 is 5.97 Å². The molecule has 1 aromatic carbocycles. The summed E-state index contributed by atoms with van der Waals surface area (Å²) in [5, 5.41) is 4.85. The van der Waals surface area contributed by atoms with E-state index in [1.807, 2.05) is 6.92 Å². The lowest BCUT2D eigenvalue weighted by Crippen LogP contribution is -2.33. The van der Waals surface area contributed by atoms with Gasteiger partial charge in [0.2, 0.25) is 0 Å². The zero-order chi connectivity index (χ0) is 21.0. The van der Waals surface area contributed by atoms with Crippen LogP contribution in [-0.2, 0) is 16.1 Å². The largest absolute Gasteiger partial charge is 0.461 e. The third kappa shape index (κ3) is 4.40. The maximum absolute atomic E-state index is 12.3. The van der Waals surface area contributed by atoms with Crippen LogP contribution in [-0.4, -0.2) is 45.6 Å². The summed E-state index contributed by atoms with van der Waals surface area (Å²) >= 11 is 6.33. The van der Waals surface area contributed by atoms with Gasteiger partial charge >= 0.3 is 5.97 Å². The van der Waals surface area contributed by atoms with E-state index in [-0.39, 0.29) is 25.0 Å². The van der Waals surface area contributed by atoms with Gasteiger partial charge in [-0.15, -0.1) is 0 Å². The average Bonchev–Trinajstić information content (AvgIpc) is 3.12. The monoisotopic (exact) mass is 415 g/mol. The zero-order valence-electron chi connectivity index (χ0n) is 16.4. The summed E-state index contributed by atoms with van der Waals surface area (Å²) in [5.41, 5.74) is 2.13. The summed E-state index contributed by atoms with van der Waals surface area (Å²) in [6.07, 6.45) is 4.82. The van der Waals surface area contributed by atoms with Gasteiger partial charge in [0, 0.05) is 18.2 Å². The number of carbonyl (C=O) groups excluding carboxylic acids is 3. The van der Waals surface area contributed by atoms with E-state index in [1.165, 1.54) is 6.08 Å². The van der Waals surface area contributed by atoms with Crippen molar-refractivity contribution in [3.8, 4) is 0 Å². The Bertz CT molecular complexity index is 945. The van der Waals surface area contributed by atoms with Gasteiger partial charge in [-0.2, -0.15) is 5.10 Å². The molecule has 0 fully saturated rings. The minimum Gasteiger partial charge on any atom is -0.461 e. The second kappa shape index (κ2) is 9.05. The van der Waals surface area contributed by atoms with Crippen LogP contribution in [0.2, 0.25) is 5.15 Å². The first-order valence-corrected chi connectivity index (χ1v) is 9.84. The topological polar surface area (TPSA) is 81.5 Å². The second-order valence-electron chi connectivity index (χ2n) is 6.67. The molecule has 7 nitrogen and oxygen atoms in total. The van der Waals surface area contributed by atoms with Gasteiger partial charge in [-0.1, -0.05) is 37.1 Å². The maximum Gasteiger partial charge on any atom is 0.330 e. The molecule has 0 aliphatic carbocycles. The zero-order valence-corrected chi connectivity index (χ0v) is 17.1. The van der Waals surface area contributed by atoms with E-state index in [9.17, 15) is 14.4 Å². The number of amides is 2. The van der Waals surface area contributed by atoms with Gasteiger partial charge in [-0.25, -0.2) is 4.79 Å². The molecule has 0 N–H and O–H groups in total. The molecule has 152 valence electrons. The van der Waals surface area contributed by atoms with Crippen molar-refractivity contribution in [2.75, 3.05) is 13.2 Å². The molecular weight excluding hydrogens is 394 g/mol. The SMILES string of the molecule is CCCCn1nc(C)c(/C=C/C(=O)OCCN2C(=O)c3ccccc3C2=O)c1Cl. The third-order valence-corrected chi connectivity index (χ3v) is 5.06. The summed E-state index contributed by atoms with van der Waals surface area (Å²) in [5.74, 6) is -1.34. The fourth-order valence-electron chi connectivity index (χ4n) is 3.09. The van der Waals surface area contributed by atoms with Crippen molar-refractivity contribution in [1.29, 1.82) is 0 Å². The maximum atomic E-state index is 12.3. The number of hydrogen-bond acceptors (Lipinski definition) is 5. The number of fused-ring (bicyclic) bond motifs is 1. The van der Waals surface area contributed by atoms with Crippen molar-refractivity contribution < 1.29 is 19.1 Å². The van der Waals surface area contributed by atoms with Crippen molar-refractivity contribution in [2.45, 2.75) is 33.2 Å². The van der Waals surface area contributed by atoms with Gasteiger partial charge in [0.15, 0.2) is 0 Å². The Labute approximate surface area is 173 Å². The molecule has 2 aromatic rings. The molecule has 0 unspecified atom stereocenters. The molecule has 1 aromatic heterocycles. The van der Waals surface area contributed by atoms with Crippen LogP contribution in [0.5, 0.6) is 0 Å². The molecular formula is C21H22ClN3O4. The quantitative estimate of drug-likeness (QED) is 0.374. The number of aryl methyl sites for hydroxylation is 2. The molecule has 2 amide bonds. The van der Waals surface area contributed by atoms with Crippen LogP contribution in [0.15, 0.2) is 30.3 Å². The summed E-state index contributed by atoms with van der Waals surface area (Å²) in [6.45, 7) is 4.54. The van der Waals surface area contributed by atoms with E-state index in [4.69, 9.17) is 16.3 Å². The van der Waals surface area contributed by atoms with E-state index >= 15 is 0 Å². The van der Waals surface area contributed by atoms with Gasteiger partial charge in [-0.3, -0.25) is 19.2 Å². The number of carbonyl (C=O) groups is 3. The van der Waals surface area contributed by atoms with Crippen LogP contribution >= 0.6 is 11.6 Å². The molecule has 0 saturated heterocycles. The number of hydrogen-bond donors (Lipinski definition) is 0. The Morgan fingerprint density at radius 1 is 1.17 bits per heavy atom. The molecule has 2 heterocycles. The number of imide groups is 1. The highest BCUT2D eigenvalue weighted by atomic mass is 35.5. The number of benzene rings is 1. The van der Waals surface area contributed by atoms with Crippen LogP contribution < -0.4 is 0 Å². The first-order chi connectivity index (χ1) is 13.9. The Morgan fingerprint density at radius 2 is 1.83 bits per heavy atom. The number of ether oxygens (including phenoxy) is 1. The molecule has 29 heavy (non-hydrogen) atoms. The predicted molar refractivity (Wildman–Crippen MR) is 109 cm³/mol. The van der Waals surface area contributed by atoms with Gasteiger partial charge < -0.3 is 4.74 Å². The molecule has 8 heteroatoms. The molecule has 0 atom stereocenters. The molecule has 1 aliphatic heterocycles. The minimum atomic E-state index is -0.585. The fraction of sp³-hybridized carbons (Fsp3) is 0.333. The van der Waals surface area contributed by atoms with Gasteiger partial charge in [0.05, 0.1) is 23.4 Å². The minimum absolute atomic E-state index is 0.000656. The Kier molecular flexibility index (Phi) is 6.49.